The molecule has 1 aliphatic rings. The first kappa shape index (κ1) is 15.0. The van der Waals surface area contributed by atoms with E-state index in [1.807, 2.05) is 20.8 Å². The lowest BCUT2D eigenvalue weighted by atomic mass is 9.97. The molecule has 0 radical (unpaired) electrons. The maximum atomic E-state index is 10.9. The van der Waals surface area contributed by atoms with Gasteiger partial charge in [-0.15, -0.1) is 10.2 Å². The second kappa shape index (κ2) is 5.91. The van der Waals surface area contributed by atoms with Crippen molar-refractivity contribution >= 4 is 5.97 Å². The monoisotopic (exact) mass is 281 g/mol. The molecule has 6 heteroatoms. The van der Waals surface area contributed by atoms with Gasteiger partial charge in [-0.2, -0.15) is 0 Å². The highest BCUT2D eigenvalue weighted by molar-refractivity contribution is 5.67. The number of rotatable bonds is 4. The maximum absolute atomic E-state index is 10.9. The lowest BCUT2D eigenvalue weighted by Crippen LogP contribution is -2.40. The third-order valence-electron chi connectivity index (χ3n) is 3.61. The Morgan fingerprint density at radius 1 is 1.40 bits per heavy atom. The average molecular weight is 281 g/mol. The number of piperidine rings is 1. The minimum Gasteiger partial charge on any atom is -0.481 e. The van der Waals surface area contributed by atoms with Crippen LogP contribution in [0.3, 0.4) is 0 Å². The molecular formula is C14H23N3O3. The number of likely N-dealkylation sites (tertiary alicyclic amines) is 1. The van der Waals surface area contributed by atoms with Gasteiger partial charge in [0.15, 0.2) is 0 Å². The second-order valence-electron chi connectivity index (χ2n) is 6.47. The fourth-order valence-corrected chi connectivity index (χ4v) is 2.50. The number of carboxylic acid groups (broad SMARTS) is 1. The smallest absolute Gasteiger partial charge is 0.304 e. The van der Waals surface area contributed by atoms with E-state index in [1.54, 1.807) is 0 Å². The Labute approximate surface area is 119 Å². The normalized spacial score (nSPS) is 21.1. The molecule has 0 aromatic carbocycles. The molecule has 0 spiro atoms. The number of aliphatic carboxylic acids is 1. The van der Waals surface area contributed by atoms with Crippen LogP contribution < -0.4 is 0 Å². The fraction of sp³-hybridized carbons (Fsp3) is 0.786. The van der Waals surface area contributed by atoms with Gasteiger partial charge in [0.05, 0.1) is 13.0 Å². The molecule has 1 saturated heterocycles. The molecule has 2 heterocycles. The maximum Gasteiger partial charge on any atom is 0.304 e. The van der Waals surface area contributed by atoms with E-state index < -0.39 is 5.97 Å². The van der Waals surface area contributed by atoms with Gasteiger partial charge in [0, 0.05) is 11.5 Å². The van der Waals surface area contributed by atoms with E-state index in [0.29, 0.717) is 18.3 Å². The molecule has 1 unspecified atom stereocenters. The Hall–Kier alpha value is -1.43. The number of hydrogen-bond donors (Lipinski definition) is 1. The van der Waals surface area contributed by atoms with Gasteiger partial charge in [-0.25, -0.2) is 0 Å². The summed E-state index contributed by atoms with van der Waals surface area (Å²) in [5, 5.41) is 17.1. The predicted molar refractivity (Wildman–Crippen MR) is 73.3 cm³/mol. The standard InChI is InChI=1S/C14H23N3O3/c1-14(2,3)13-16-15-11(20-13)9-17-7-5-4-6-10(17)8-12(18)19/h10H,4-9H2,1-3H3,(H,18,19). The summed E-state index contributed by atoms with van der Waals surface area (Å²) in [6.07, 6.45) is 3.29. The van der Waals surface area contributed by atoms with E-state index in [9.17, 15) is 4.79 Å². The van der Waals surface area contributed by atoms with Crippen LogP contribution in [0.15, 0.2) is 4.42 Å². The first-order valence-electron chi connectivity index (χ1n) is 7.15. The van der Waals surface area contributed by atoms with E-state index >= 15 is 0 Å². The molecule has 112 valence electrons. The lowest BCUT2D eigenvalue weighted by molar-refractivity contribution is -0.138. The molecule has 0 bridgehead atoms. The van der Waals surface area contributed by atoms with Crippen LogP contribution in [0.1, 0.15) is 58.2 Å². The highest BCUT2D eigenvalue weighted by atomic mass is 16.4. The molecule has 1 atom stereocenters. The Bertz CT molecular complexity index is 464. The quantitative estimate of drug-likeness (QED) is 0.911. The van der Waals surface area contributed by atoms with Gasteiger partial charge in [0.25, 0.3) is 0 Å². The second-order valence-corrected chi connectivity index (χ2v) is 6.47. The minimum atomic E-state index is -0.747. The Morgan fingerprint density at radius 3 is 2.75 bits per heavy atom. The van der Waals surface area contributed by atoms with E-state index in [4.69, 9.17) is 9.52 Å². The zero-order valence-corrected chi connectivity index (χ0v) is 12.4. The SMILES string of the molecule is CC(C)(C)c1nnc(CN2CCCCC2CC(=O)O)o1. The molecule has 0 aliphatic carbocycles. The van der Waals surface area contributed by atoms with Crippen molar-refractivity contribution in [3.63, 3.8) is 0 Å². The van der Waals surface area contributed by atoms with Gasteiger partial charge >= 0.3 is 5.97 Å². The van der Waals surface area contributed by atoms with Crippen molar-refractivity contribution in [2.45, 2.75) is 64.5 Å². The summed E-state index contributed by atoms with van der Waals surface area (Å²) in [4.78, 5) is 13.1. The van der Waals surface area contributed by atoms with Gasteiger partial charge in [0.1, 0.15) is 0 Å². The fourth-order valence-electron chi connectivity index (χ4n) is 2.50. The summed E-state index contributed by atoms with van der Waals surface area (Å²) in [6.45, 7) is 7.52. The van der Waals surface area contributed by atoms with Gasteiger partial charge in [0.2, 0.25) is 11.8 Å². The number of hydrogen-bond acceptors (Lipinski definition) is 5. The first-order chi connectivity index (χ1) is 9.36. The van der Waals surface area contributed by atoms with Crippen molar-refractivity contribution in [3.8, 4) is 0 Å². The van der Waals surface area contributed by atoms with Crippen molar-refractivity contribution in [1.29, 1.82) is 0 Å². The van der Waals surface area contributed by atoms with Crippen LogP contribution in [0.4, 0.5) is 0 Å². The zero-order valence-electron chi connectivity index (χ0n) is 12.4. The molecular weight excluding hydrogens is 258 g/mol. The van der Waals surface area contributed by atoms with E-state index in [1.165, 1.54) is 0 Å². The van der Waals surface area contributed by atoms with Crippen LogP contribution >= 0.6 is 0 Å². The molecule has 1 N–H and O–H groups in total. The van der Waals surface area contributed by atoms with Crippen molar-refractivity contribution < 1.29 is 14.3 Å². The van der Waals surface area contributed by atoms with E-state index in [0.717, 1.165) is 25.8 Å². The predicted octanol–water partition coefficient (Wildman–Crippen LogP) is 2.20. The summed E-state index contributed by atoms with van der Waals surface area (Å²) >= 11 is 0. The molecule has 1 fully saturated rings. The number of nitrogens with zero attached hydrogens (tertiary/aromatic N) is 3. The van der Waals surface area contributed by atoms with Crippen LogP contribution in [0, 0.1) is 0 Å². The largest absolute Gasteiger partial charge is 0.481 e. The van der Waals surface area contributed by atoms with Crippen LogP contribution in [0.2, 0.25) is 0 Å². The molecule has 0 amide bonds. The van der Waals surface area contributed by atoms with Crippen LogP contribution in [0.25, 0.3) is 0 Å². The van der Waals surface area contributed by atoms with Crippen LogP contribution in [0.5, 0.6) is 0 Å². The van der Waals surface area contributed by atoms with Crippen molar-refractivity contribution in [2.75, 3.05) is 6.54 Å². The summed E-state index contributed by atoms with van der Waals surface area (Å²) in [7, 11) is 0. The first-order valence-corrected chi connectivity index (χ1v) is 7.15. The topological polar surface area (TPSA) is 79.5 Å². The van der Waals surface area contributed by atoms with Gasteiger partial charge in [-0.05, 0) is 19.4 Å². The average Bonchev–Trinajstić information content (AvgIpc) is 2.79. The summed E-state index contributed by atoms with van der Waals surface area (Å²) in [6, 6.07) is 0.0752. The molecule has 20 heavy (non-hydrogen) atoms. The molecule has 1 aromatic rings. The van der Waals surface area contributed by atoms with Gasteiger partial charge in [-0.3, -0.25) is 9.69 Å². The molecule has 0 saturated carbocycles. The Kier molecular flexibility index (Phi) is 4.42. The molecule has 2 rings (SSSR count). The number of aromatic nitrogens is 2. The van der Waals surface area contributed by atoms with E-state index in [2.05, 4.69) is 15.1 Å². The summed E-state index contributed by atoms with van der Waals surface area (Å²) in [5.74, 6) is 0.453. The molecule has 6 nitrogen and oxygen atoms in total. The Morgan fingerprint density at radius 2 is 2.15 bits per heavy atom. The Balaban J connectivity index is 2.03. The highest BCUT2D eigenvalue weighted by Crippen LogP contribution is 2.24. The number of carboxylic acids is 1. The van der Waals surface area contributed by atoms with Crippen LogP contribution in [-0.2, 0) is 16.8 Å². The summed E-state index contributed by atoms with van der Waals surface area (Å²) < 4.78 is 5.69. The van der Waals surface area contributed by atoms with Gasteiger partial charge < -0.3 is 9.52 Å². The minimum absolute atomic E-state index is 0.0752. The van der Waals surface area contributed by atoms with E-state index in [-0.39, 0.29) is 17.9 Å². The molecule has 1 aromatic heterocycles. The number of carbonyl (C=O) groups is 1. The molecule has 1 aliphatic heterocycles. The van der Waals surface area contributed by atoms with Crippen LogP contribution in [-0.4, -0.2) is 38.8 Å². The van der Waals surface area contributed by atoms with Crippen molar-refractivity contribution in [1.82, 2.24) is 15.1 Å². The summed E-state index contributed by atoms with van der Waals surface area (Å²) in [5.41, 5.74) is -0.159. The lowest BCUT2D eigenvalue weighted by Gasteiger charge is -2.33. The van der Waals surface area contributed by atoms with Gasteiger partial charge in [-0.1, -0.05) is 27.2 Å². The zero-order chi connectivity index (χ0) is 14.8. The highest BCUT2D eigenvalue weighted by Gasteiger charge is 2.27. The van der Waals surface area contributed by atoms with Crippen molar-refractivity contribution in [3.05, 3.63) is 11.8 Å². The third kappa shape index (κ3) is 3.79. The van der Waals surface area contributed by atoms with Crippen molar-refractivity contribution in [2.24, 2.45) is 0 Å². The third-order valence-corrected chi connectivity index (χ3v) is 3.61.